The molecule has 0 aromatic heterocycles. The highest BCUT2D eigenvalue weighted by atomic mass is 35.5. The zero-order valence-corrected chi connectivity index (χ0v) is 10.1. The molecule has 0 radical (unpaired) electrons. The number of fused-ring (bicyclic) bond motifs is 3. The number of nitrogens with zero attached hydrogens (tertiary/aromatic N) is 1. The van der Waals surface area contributed by atoms with E-state index in [2.05, 4.69) is 17.0 Å². The Balaban J connectivity index is 0.000000963. The van der Waals surface area contributed by atoms with Crippen LogP contribution in [0.2, 0.25) is 0 Å². The highest BCUT2D eigenvalue weighted by Gasteiger charge is 2.46. The lowest BCUT2D eigenvalue weighted by Gasteiger charge is -2.50. The van der Waals surface area contributed by atoms with Crippen LogP contribution in [0.25, 0.3) is 0 Å². The molecule has 0 spiro atoms. The second-order valence-electron chi connectivity index (χ2n) is 4.84. The van der Waals surface area contributed by atoms with Gasteiger partial charge in [0.15, 0.2) is 0 Å². The Morgan fingerprint density at radius 3 is 2.25 bits per heavy atom. The van der Waals surface area contributed by atoms with Crippen LogP contribution >= 0.6 is 12.4 Å². The van der Waals surface area contributed by atoms with Crippen molar-refractivity contribution in [2.24, 2.45) is 5.92 Å². The molecule has 1 aromatic rings. The Kier molecular flexibility index (Phi) is 3.24. The number of rotatable bonds is 1. The molecule has 3 heteroatoms. The quantitative estimate of drug-likeness (QED) is 0.811. The van der Waals surface area contributed by atoms with Gasteiger partial charge in [0.25, 0.3) is 0 Å². The van der Waals surface area contributed by atoms with E-state index in [0.717, 1.165) is 24.9 Å². The molecule has 3 saturated heterocycles. The van der Waals surface area contributed by atoms with E-state index >= 15 is 0 Å². The average Bonchev–Trinajstić information content (AvgIpc) is 2.31. The van der Waals surface area contributed by atoms with Crippen LogP contribution < -0.4 is 0 Å². The topological polar surface area (TPSA) is 23.5 Å². The van der Waals surface area contributed by atoms with Crippen LogP contribution in [0, 0.1) is 5.92 Å². The first-order valence-corrected chi connectivity index (χ1v) is 5.79. The fourth-order valence-electron chi connectivity index (χ4n) is 3.09. The van der Waals surface area contributed by atoms with Crippen LogP contribution in [0.1, 0.15) is 18.4 Å². The number of benzene rings is 1. The summed E-state index contributed by atoms with van der Waals surface area (Å²) >= 11 is 0. The third-order valence-corrected chi connectivity index (χ3v) is 4.00. The zero-order chi connectivity index (χ0) is 10.3. The molecule has 1 unspecified atom stereocenters. The third-order valence-electron chi connectivity index (χ3n) is 4.00. The van der Waals surface area contributed by atoms with Gasteiger partial charge in [0.1, 0.15) is 5.60 Å². The van der Waals surface area contributed by atoms with Gasteiger partial charge in [-0.1, -0.05) is 30.3 Å². The Morgan fingerprint density at radius 2 is 1.75 bits per heavy atom. The maximum atomic E-state index is 10.8. The van der Waals surface area contributed by atoms with Crippen molar-refractivity contribution in [2.45, 2.75) is 18.4 Å². The third kappa shape index (κ3) is 1.75. The lowest BCUT2D eigenvalue weighted by Crippen LogP contribution is -2.57. The Morgan fingerprint density at radius 1 is 1.12 bits per heavy atom. The van der Waals surface area contributed by atoms with E-state index in [1.54, 1.807) is 0 Å². The first kappa shape index (κ1) is 11.9. The summed E-state index contributed by atoms with van der Waals surface area (Å²) < 4.78 is 0. The van der Waals surface area contributed by atoms with E-state index in [-0.39, 0.29) is 12.4 Å². The zero-order valence-electron chi connectivity index (χ0n) is 9.30. The van der Waals surface area contributed by atoms with E-state index in [1.165, 1.54) is 13.1 Å². The average molecular weight is 240 g/mol. The molecular formula is C13H18ClNO. The molecule has 16 heavy (non-hydrogen) atoms. The molecule has 3 aliphatic heterocycles. The van der Waals surface area contributed by atoms with Gasteiger partial charge in [-0.3, -0.25) is 0 Å². The Labute approximate surface area is 103 Å². The van der Waals surface area contributed by atoms with Gasteiger partial charge >= 0.3 is 0 Å². The second kappa shape index (κ2) is 4.36. The Bertz CT molecular complexity index is 348. The maximum absolute atomic E-state index is 10.8. The van der Waals surface area contributed by atoms with Crippen molar-refractivity contribution in [1.82, 2.24) is 4.90 Å². The van der Waals surface area contributed by atoms with Gasteiger partial charge in [0.2, 0.25) is 0 Å². The van der Waals surface area contributed by atoms with Crippen LogP contribution in [-0.2, 0) is 5.60 Å². The Hall–Kier alpha value is -0.570. The van der Waals surface area contributed by atoms with Gasteiger partial charge in [-0.15, -0.1) is 12.4 Å². The molecule has 3 aliphatic rings. The summed E-state index contributed by atoms with van der Waals surface area (Å²) in [7, 11) is 0. The fourth-order valence-corrected chi connectivity index (χ4v) is 3.09. The van der Waals surface area contributed by atoms with Gasteiger partial charge in [-0.2, -0.15) is 0 Å². The molecule has 3 fully saturated rings. The van der Waals surface area contributed by atoms with Crippen molar-refractivity contribution in [3.05, 3.63) is 35.9 Å². The first-order chi connectivity index (χ1) is 7.29. The molecule has 2 nitrogen and oxygen atoms in total. The molecule has 1 N–H and O–H groups in total. The van der Waals surface area contributed by atoms with Crippen LogP contribution in [0.5, 0.6) is 0 Å². The fraction of sp³-hybridized carbons (Fsp3) is 0.538. The lowest BCUT2D eigenvalue weighted by atomic mass is 9.72. The molecule has 0 amide bonds. The molecule has 1 aromatic carbocycles. The molecule has 1 atom stereocenters. The lowest BCUT2D eigenvalue weighted by molar-refractivity contribution is -0.117. The molecular weight excluding hydrogens is 222 g/mol. The molecule has 0 saturated carbocycles. The van der Waals surface area contributed by atoms with Gasteiger partial charge in [-0.25, -0.2) is 0 Å². The standard InChI is InChI=1S/C13H17NO.ClH/c15-13(11-4-2-1-3-5-11)10-14-8-6-12(13)7-9-14;/h1-5,12,15H,6-10H2;1H. The normalized spacial score (nSPS) is 36.8. The molecule has 0 aliphatic carbocycles. The summed E-state index contributed by atoms with van der Waals surface area (Å²) in [6.45, 7) is 3.15. The molecule has 2 bridgehead atoms. The number of halogens is 1. The van der Waals surface area contributed by atoms with E-state index in [1.807, 2.05) is 18.2 Å². The van der Waals surface area contributed by atoms with Crippen molar-refractivity contribution in [2.75, 3.05) is 19.6 Å². The van der Waals surface area contributed by atoms with Crippen molar-refractivity contribution in [3.63, 3.8) is 0 Å². The summed E-state index contributed by atoms with van der Waals surface area (Å²) in [5.74, 6) is 0.463. The number of aliphatic hydroxyl groups is 1. The molecule has 3 heterocycles. The summed E-state index contributed by atoms with van der Waals surface area (Å²) in [5, 5.41) is 10.8. The van der Waals surface area contributed by atoms with Crippen molar-refractivity contribution >= 4 is 12.4 Å². The summed E-state index contributed by atoms with van der Waals surface area (Å²) in [6.07, 6.45) is 2.29. The van der Waals surface area contributed by atoms with E-state index in [9.17, 15) is 5.11 Å². The predicted molar refractivity (Wildman–Crippen MR) is 66.8 cm³/mol. The highest BCUT2D eigenvalue weighted by Crippen LogP contribution is 2.42. The number of piperidine rings is 3. The summed E-state index contributed by atoms with van der Waals surface area (Å²) in [4.78, 5) is 2.38. The van der Waals surface area contributed by atoms with E-state index in [4.69, 9.17) is 0 Å². The second-order valence-corrected chi connectivity index (χ2v) is 4.84. The van der Waals surface area contributed by atoms with E-state index < -0.39 is 5.60 Å². The van der Waals surface area contributed by atoms with Crippen LogP contribution in [-0.4, -0.2) is 29.6 Å². The predicted octanol–water partition coefficient (Wildman–Crippen LogP) is 2.02. The number of hydrogen-bond donors (Lipinski definition) is 1. The summed E-state index contributed by atoms with van der Waals surface area (Å²) in [6, 6.07) is 10.2. The summed E-state index contributed by atoms with van der Waals surface area (Å²) in [5.41, 5.74) is 0.511. The van der Waals surface area contributed by atoms with Gasteiger partial charge in [-0.05, 0) is 37.4 Å². The molecule has 4 rings (SSSR count). The van der Waals surface area contributed by atoms with Crippen LogP contribution in [0.3, 0.4) is 0 Å². The minimum absolute atomic E-state index is 0. The van der Waals surface area contributed by atoms with Gasteiger partial charge < -0.3 is 10.0 Å². The van der Waals surface area contributed by atoms with Gasteiger partial charge in [0, 0.05) is 6.54 Å². The number of hydrogen-bond acceptors (Lipinski definition) is 2. The van der Waals surface area contributed by atoms with Gasteiger partial charge in [0.05, 0.1) is 0 Å². The van der Waals surface area contributed by atoms with Crippen molar-refractivity contribution in [1.29, 1.82) is 0 Å². The highest BCUT2D eigenvalue weighted by molar-refractivity contribution is 5.85. The maximum Gasteiger partial charge on any atom is 0.105 e. The van der Waals surface area contributed by atoms with Crippen molar-refractivity contribution in [3.8, 4) is 0 Å². The van der Waals surface area contributed by atoms with Crippen LogP contribution in [0.4, 0.5) is 0 Å². The van der Waals surface area contributed by atoms with E-state index in [0.29, 0.717) is 5.92 Å². The molecule has 88 valence electrons. The van der Waals surface area contributed by atoms with Crippen molar-refractivity contribution < 1.29 is 5.11 Å². The minimum atomic E-state index is -0.586. The SMILES string of the molecule is Cl.OC1(c2ccccc2)CN2CCC1CC2. The monoisotopic (exact) mass is 239 g/mol. The smallest absolute Gasteiger partial charge is 0.105 e. The minimum Gasteiger partial charge on any atom is -0.384 e. The van der Waals surface area contributed by atoms with Crippen LogP contribution in [0.15, 0.2) is 30.3 Å². The first-order valence-electron chi connectivity index (χ1n) is 5.79. The largest absolute Gasteiger partial charge is 0.384 e.